The fraction of sp³-hybridized carbons (Fsp3) is 0.320. The number of halogens is 2. The predicted molar refractivity (Wildman–Crippen MR) is 130 cm³/mol. The van der Waals surface area contributed by atoms with Crippen molar-refractivity contribution in [1.29, 1.82) is 0 Å². The molecule has 6 rings (SSSR count). The van der Waals surface area contributed by atoms with Gasteiger partial charge in [0.05, 0.1) is 24.3 Å². The van der Waals surface area contributed by atoms with E-state index in [2.05, 4.69) is 49.2 Å². The lowest BCUT2D eigenvalue weighted by Gasteiger charge is -2.34. The molecule has 2 fully saturated rings. The minimum Gasteiger partial charge on any atom is -0.374 e. The van der Waals surface area contributed by atoms with Crippen LogP contribution in [0.1, 0.15) is 5.69 Å². The highest BCUT2D eigenvalue weighted by atomic mass is 19.1. The molecule has 0 bridgehead atoms. The number of fused-ring (bicyclic) bond motifs is 1. The summed E-state index contributed by atoms with van der Waals surface area (Å²) in [4.78, 5) is 17.9. The zero-order valence-electron chi connectivity index (χ0n) is 19.3. The lowest BCUT2D eigenvalue weighted by atomic mass is 9.99. The molecule has 35 heavy (non-hydrogen) atoms. The molecule has 2 aliphatic heterocycles. The van der Waals surface area contributed by atoms with Gasteiger partial charge in [0, 0.05) is 49.9 Å². The number of benzene rings is 1. The summed E-state index contributed by atoms with van der Waals surface area (Å²) in [6, 6.07) is 13.1. The Kier molecular flexibility index (Phi) is 5.34. The lowest BCUT2D eigenvalue weighted by Crippen LogP contribution is -2.44. The van der Waals surface area contributed by atoms with Crippen molar-refractivity contribution >= 4 is 28.4 Å². The molecular weight excluding hydrogens is 452 g/mol. The summed E-state index contributed by atoms with van der Waals surface area (Å²) in [6.07, 6.45) is 2.73. The molecule has 2 saturated heterocycles. The number of anilines is 3. The molecular formula is C25H25F2N7O. The summed E-state index contributed by atoms with van der Waals surface area (Å²) in [6.45, 7) is 4.01. The van der Waals surface area contributed by atoms with Gasteiger partial charge in [-0.2, -0.15) is 4.98 Å². The van der Waals surface area contributed by atoms with Gasteiger partial charge < -0.3 is 19.9 Å². The molecule has 5 heterocycles. The molecule has 1 N–H and O–H groups in total. The van der Waals surface area contributed by atoms with E-state index in [1.165, 1.54) is 22.6 Å². The number of hydrogen-bond donors (Lipinski definition) is 1. The third-order valence-electron chi connectivity index (χ3n) is 6.59. The molecule has 0 radical (unpaired) electrons. The van der Waals surface area contributed by atoms with E-state index >= 15 is 0 Å². The smallest absolute Gasteiger partial charge is 0.229 e. The van der Waals surface area contributed by atoms with Crippen molar-refractivity contribution in [2.75, 3.05) is 56.7 Å². The van der Waals surface area contributed by atoms with Crippen LogP contribution in [0.4, 0.5) is 26.1 Å². The average Bonchev–Trinajstić information content (AvgIpc) is 3.19. The molecule has 3 aromatic heterocycles. The van der Waals surface area contributed by atoms with Gasteiger partial charge in [0.25, 0.3) is 0 Å². The van der Waals surface area contributed by atoms with Crippen LogP contribution in [-0.4, -0.2) is 70.9 Å². The third kappa shape index (κ3) is 4.08. The number of rotatable bonds is 5. The summed E-state index contributed by atoms with van der Waals surface area (Å²) in [7, 11) is 2.14. The van der Waals surface area contributed by atoms with Gasteiger partial charge in [0.15, 0.2) is 17.1 Å². The topological polar surface area (TPSA) is 71.3 Å². The van der Waals surface area contributed by atoms with Crippen molar-refractivity contribution in [1.82, 2.24) is 24.4 Å². The zero-order chi connectivity index (χ0) is 24.0. The van der Waals surface area contributed by atoms with Crippen LogP contribution in [0.3, 0.4) is 0 Å². The van der Waals surface area contributed by atoms with Crippen LogP contribution in [0.25, 0.3) is 16.9 Å². The molecule has 0 amide bonds. The highest BCUT2D eigenvalue weighted by Gasteiger charge is 2.42. The van der Waals surface area contributed by atoms with E-state index < -0.39 is 11.5 Å². The summed E-state index contributed by atoms with van der Waals surface area (Å²) in [5, 5.41) is 3.45. The maximum absolute atomic E-state index is 14.8. The van der Waals surface area contributed by atoms with Gasteiger partial charge in [0.1, 0.15) is 5.82 Å². The number of piperazine rings is 1. The molecule has 8 nitrogen and oxygen atoms in total. The summed E-state index contributed by atoms with van der Waals surface area (Å²) < 4.78 is 36.0. The van der Waals surface area contributed by atoms with Gasteiger partial charge in [-0.3, -0.25) is 4.57 Å². The van der Waals surface area contributed by atoms with Crippen molar-refractivity contribution in [3.63, 3.8) is 0 Å². The Bertz CT molecular complexity index is 1360. The number of ether oxygens (including phenoxy) is 1. The van der Waals surface area contributed by atoms with Crippen molar-refractivity contribution in [2.24, 2.45) is 0 Å². The number of nitrogens with one attached hydrogen (secondary N) is 1. The van der Waals surface area contributed by atoms with E-state index in [1.807, 2.05) is 12.1 Å². The van der Waals surface area contributed by atoms with Crippen LogP contribution in [0.5, 0.6) is 0 Å². The molecule has 10 heteroatoms. The number of pyridine rings is 1. The average molecular weight is 478 g/mol. The maximum Gasteiger partial charge on any atom is 0.229 e. The molecule has 4 aromatic rings. The number of nitrogens with zero attached hydrogens (tertiary/aromatic N) is 6. The Hall–Kier alpha value is -3.63. The second-order valence-corrected chi connectivity index (χ2v) is 9.08. The molecule has 0 aliphatic carbocycles. The first-order chi connectivity index (χ1) is 17.0. The highest BCUT2D eigenvalue weighted by molar-refractivity contribution is 5.79. The van der Waals surface area contributed by atoms with Crippen LogP contribution in [-0.2, 0) is 10.4 Å². The largest absolute Gasteiger partial charge is 0.374 e. The van der Waals surface area contributed by atoms with E-state index in [-0.39, 0.29) is 24.3 Å². The van der Waals surface area contributed by atoms with E-state index in [0.717, 1.165) is 31.9 Å². The van der Waals surface area contributed by atoms with Crippen molar-refractivity contribution in [2.45, 2.75) is 5.67 Å². The van der Waals surface area contributed by atoms with Crippen molar-refractivity contribution < 1.29 is 13.5 Å². The predicted octanol–water partition coefficient (Wildman–Crippen LogP) is 3.65. The maximum atomic E-state index is 14.8. The second-order valence-electron chi connectivity index (χ2n) is 9.08. The van der Waals surface area contributed by atoms with Crippen molar-refractivity contribution in [3.8, 4) is 5.82 Å². The molecule has 0 spiro atoms. The Labute approximate surface area is 201 Å². The molecule has 0 unspecified atom stereocenters. The first-order valence-electron chi connectivity index (χ1n) is 11.6. The third-order valence-corrected chi connectivity index (χ3v) is 6.59. The van der Waals surface area contributed by atoms with Gasteiger partial charge in [-0.25, -0.2) is 18.7 Å². The molecule has 1 aromatic carbocycles. The molecule has 2 aliphatic rings. The fourth-order valence-corrected chi connectivity index (χ4v) is 4.39. The number of aromatic nitrogens is 4. The molecule has 180 valence electrons. The monoisotopic (exact) mass is 477 g/mol. The van der Waals surface area contributed by atoms with E-state index in [4.69, 9.17) is 4.74 Å². The Morgan fingerprint density at radius 1 is 1.00 bits per heavy atom. The van der Waals surface area contributed by atoms with Crippen molar-refractivity contribution in [3.05, 3.63) is 66.4 Å². The normalized spacial score (nSPS) is 18.0. The van der Waals surface area contributed by atoms with Gasteiger partial charge in [-0.15, -0.1) is 0 Å². The molecule has 0 saturated carbocycles. The summed E-state index contributed by atoms with van der Waals surface area (Å²) >= 11 is 0. The number of likely N-dealkylation sites (N-methyl/N-ethyl adjacent to an activating group) is 1. The second kappa shape index (κ2) is 8.54. The highest BCUT2D eigenvalue weighted by Crippen LogP contribution is 2.33. The van der Waals surface area contributed by atoms with Crippen LogP contribution < -0.4 is 10.2 Å². The number of alkyl halides is 1. The van der Waals surface area contributed by atoms with Crippen LogP contribution >= 0.6 is 0 Å². The minimum absolute atomic E-state index is 0.0337. The van der Waals surface area contributed by atoms with Crippen LogP contribution in [0.2, 0.25) is 0 Å². The zero-order valence-corrected chi connectivity index (χ0v) is 19.3. The van der Waals surface area contributed by atoms with Gasteiger partial charge in [-0.1, -0.05) is 6.07 Å². The summed E-state index contributed by atoms with van der Waals surface area (Å²) in [5.74, 6) is 0.230. The standard InChI is InChI=1S/C25H25F2N7O/c1-32-9-11-33(12-10-32)18-7-5-17(6-8-18)29-24-28-13-19-20(26)14-34(23(19)31-24)22-4-2-3-21(30-22)25(27)15-35-16-25/h2-8,13-14H,9-12,15-16H2,1H3,(H,28,29,31). The van der Waals surface area contributed by atoms with Crippen LogP contribution in [0, 0.1) is 5.82 Å². The minimum atomic E-state index is -1.62. The molecule has 0 atom stereocenters. The first kappa shape index (κ1) is 21.9. The van der Waals surface area contributed by atoms with Crippen LogP contribution in [0.15, 0.2) is 54.9 Å². The number of hydrogen-bond acceptors (Lipinski definition) is 7. The fourth-order valence-electron chi connectivity index (χ4n) is 4.39. The van der Waals surface area contributed by atoms with Gasteiger partial charge in [-0.05, 0) is 43.4 Å². The summed E-state index contributed by atoms with van der Waals surface area (Å²) in [5.41, 5.74) is 0.984. The van der Waals surface area contributed by atoms with Gasteiger partial charge in [0.2, 0.25) is 5.95 Å². The SMILES string of the molecule is CN1CCN(c2ccc(Nc3ncc4c(F)cn(-c5cccc(C6(F)COC6)n5)c4n3)cc2)CC1. The van der Waals surface area contributed by atoms with E-state index in [1.54, 1.807) is 18.2 Å². The quantitative estimate of drug-likeness (QED) is 0.471. The van der Waals surface area contributed by atoms with E-state index in [9.17, 15) is 8.78 Å². The lowest BCUT2D eigenvalue weighted by molar-refractivity contribution is -0.137. The Morgan fingerprint density at radius 3 is 2.49 bits per heavy atom. The first-order valence-corrected chi connectivity index (χ1v) is 11.6. The van der Waals surface area contributed by atoms with Gasteiger partial charge >= 0.3 is 0 Å². The Morgan fingerprint density at radius 2 is 1.77 bits per heavy atom. The van der Waals surface area contributed by atoms with E-state index in [0.29, 0.717) is 17.4 Å². The Balaban J connectivity index is 1.27.